The molecule has 122 valence electrons. The minimum atomic E-state index is -0.553. The molecule has 1 aliphatic heterocycles. The number of ether oxygens (including phenoxy) is 1. The molecule has 0 bridgehead atoms. The van der Waals surface area contributed by atoms with Crippen LogP contribution in [-0.4, -0.2) is 36.7 Å². The van der Waals surface area contributed by atoms with E-state index in [0.29, 0.717) is 5.95 Å². The first kappa shape index (κ1) is 15.5. The zero-order valence-electron chi connectivity index (χ0n) is 13.3. The number of nitrogens with zero attached hydrogens (tertiary/aromatic N) is 3. The van der Waals surface area contributed by atoms with E-state index in [1.807, 2.05) is 0 Å². The summed E-state index contributed by atoms with van der Waals surface area (Å²) in [6, 6.07) is 8.59. The van der Waals surface area contributed by atoms with Crippen LogP contribution >= 0.6 is 0 Å². The van der Waals surface area contributed by atoms with Crippen molar-refractivity contribution in [2.45, 2.75) is 19.3 Å². The molecule has 1 N–H and O–H groups in total. The maximum atomic E-state index is 13.3. The van der Waals surface area contributed by atoms with E-state index in [1.54, 1.807) is 0 Å². The average Bonchev–Trinajstić information content (AvgIpc) is 2.60. The van der Waals surface area contributed by atoms with Gasteiger partial charge in [0.15, 0.2) is 0 Å². The summed E-state index contributed by atoms with van der Waals surface area (Å²) in [5, 5.41) is 3.11. The van der Waals surface area contributed by atoms with Gasteiger partial charge in [-0.1, -0.05) is 18.2 Å². The van der Waals surface area contributed by atoms with E-state index in [9.17, 15) is 4.39 Å². The number of halogens is 1. The number of aromatic nitrogens is 2. The summed E-state index contributed by atoms with van der Waals surface area (Å²) < 4.78 is 18.1. The third-order valence-electron chi connectivity index (χ3n) is 4.00. The summed E-state index contributed by atoms with van der Waals surface area (Å²) in [4.78, 5) is 10.3. The van der Waals surface area contributed by atoms with Crippen molar-refractivity contribution in [1.82, 2.24) is 9.97 Å². The maximum absolute atomic E-state index is 13.3. The lowest BCUT2D eigenvalue weighted by molar-refractivity contribution is 0.368. The molecule has 5 nitrogen and oxygen atoms in total. The first-order valence-electron chi connectivity index (χ1n) is 7.91. The molecule has 0 fully saturated rings. The standard InChI is InChI=1S/C17H21FN4O/c1-23-16-14(18)12-20-17(21-16)19-9-5-11-22-10-4-7-13-6-2-3-8-15(13)22/h2-3,6,8,12H,4-5,7,9-11H2,1H3,(H,19,20,21). The zero-order valence-corrected chi connectivity index (χ0v) is 13.3. The van der Waals surface area contributed by atoms with Crippen molar-refractivity contribution >= 4 is 11.6 Å². The number of hydrogen-bond donors (Lipinski definition) is 1. The van der Waals surface area contributed by atoms with Crippen LogP contribution in [0.25, 0.3) is 0 Å². The van der Waals surface area contributed by atoms with Crippen LogP contribution in [0.15, 0.2) is 30.5 Å². The molecule has 6 heteroatoms. The number of hydrogen-bond acceptors (Lipinski definition) is 5. The van der Waals surface area contributed by atoms with E-state index in [0.717, 1.165) is 38.7 Å². The molecule has 0 saturated carbocycles. The van der Waals surface area contributed by atoms with Crippen LogP contribution in [0.3, 0.4) is 0 Å². The largest absolute Gasteiger partial charge is 0.479 e. The summed E-state index contributed by atoms with van der Waals surface area (Å²) in [5.74, 6) is -0.197. The second kappa shape index (κ2) is 7.26. The molecule has 0 amide bonds. The number of para-hydroxylation sites is 1. The van der Waals surface area contributed by atoms with Crippen molar-refractivity contribution in [3.63, 3.8) is 0 Å². The topological polar surface area (TPSA) is 50.3 Å². The van der Waals surface area contributed by atoms with Crippen LogP contribution in [0, 0.1) is 5.82 Å². The molecule has 2 aromatic rings. The van der Waals surface area contributed by atoms with Gasteiger partial charge in [-0.25, -0.2) is 4.98 Å². The summed E-state index contributed by atoms with van der Waals surface area (Å²) >= 11 is 0. The highest BCUT2D eigenvalue weighted by Crippen LogP contribution is 2.26. The molecule has 0 atom stereocenters. The van der Waals surface area contributed by atoms with Crippen LogP contribution in [0.1, 0.15) is 18.4 Å². The summed E-state index contributed by atoms with van der Waals surface area (Å²) in [6.45, 7) is 2.80. The first-order chi connectivity index (χ1) is 11.3. The van der Waals surface area contributed by atoms with E-state index < -0.39 is 5.82 Å². The number of rotatable bonds is 6. The van der Waals surface area contributed by atoms with Crippen molar-refractivity contribution < 1.29 is 9.13 Å². The zero-order chi connectivity index (χ0) is 16.1. The van der Waals surface area contributed by atoms with Crippen LogP contribution in [0.4, 0.5) is 16.0 Å². The van der Waals surface area contributed by atoms with Crippen LogP contribution in [0.2, 0.25) is 0 Å². The average molecular weight is 316 g/mol. The molecule has 1 aliphatic rings. The number of nitrogens with one attached hydrogen (secondary N) is 1. The lowest BCUT2D eigenvalue weighted by atomic mass is 10.0. The van der Waals surface area contributed by atoms with Gasteiger partial charge in [0, 0.05) is 25.3 Å². The molecule has 0 aliphatic carbocycles. The number of fused-ring (bicyclic) bond motifs is 1. The van der Waals surface area contributed by atoms with Gasteiger partial charge in [-0.05, 0) is 30.9 Å². The van der Waals surface area contributed by atoms with Gasteiger partial charge >= 0.3 is 0 Å². The van der Waals surface area contributed by atoms with Crippen molar-refractivity contribution in [2.24, 2.45) is 0 Å². The normalized spacial score (nSPS) is 13.6. The third kappa shape index (κ3) is 3.70. The minimum Gasteiger partial charge on any atom is -0.479 e. The Kier molecular flexibility index (Phi) is 4.90. The van der Waals surface area contributed by atoms with Crippen LogP contribution < -0.4 is 15.0 Å². The predicted octanol–water partition coefficient (Wildman–Crippen LogP) is 2.88. The van der Waals surface area contributed by atoms with Crippen molar-refractivity contribution in [1.29, 1.82) is 0 Å². The Labute approximate surface area is 135 Å². The van der Waals surface area contributed by atoms with Gasteiger partial charge in [0.05, 0.1) is 13.3 Å². The highest BCUT2D eigenvalue weighted by molar-refractivity contribution is 5.55. The molecular formula is C17H21FN4O. The van der Waals surface area contributed by atoms with Crippen LogP contribution in [0.5, 0.6) is 5.88 Å². The van der Waals surface area contributed by atoms with Gasteiger partial charge < -0.3 is 15.0 Å². The van der Waals surface area contributed by atoms with E-state index in [1.165, 1.54) is 24.8 Å². The minimum absolute atomic E-state index is 0.0348. The fourth-order valence-electron chi connectivity index (χ4n) is 2.89. The second-order valence-corrected chi connectivity index (χ2v) is 5.55. The smallest absolute Gasteiger partial charge is 0.255 e. The van der Waals surface area contributed by atoms with Gasteiger partial charge in [0.2, 0.25) is 11.8 Å². The van der Waals surface area contributed by atoms with E-state index in [-0.39, 0.29) is 5.88 Å². The number of benzene rings is 1. The Morgan fingerprint density at radius 2 is 2.22 bits per heavy atom. The fraction of sp³-hybridized carbons (Fsp3) is 0.412. The third-order valence-corrected chi connectivity index (χ3v) is 4.00. The van der Waals surface area contributed by atoms with E-state index >= 15 is 0 Å². The molecule has 0 unspecified atom stereocenters. The van der Waals surface area contributed by atoms with Crippen molar-refractivity contribution in [3.8, 4) is 5.88 Å². The molecule has 0 saturated heterocycles. The van der Waals surface area contributed by atoms with Crippen LogP contribution in [-0.2, 0) is 6.42 Å². The molecular weight excluding hydrogens is 295 g/mol. The van der Waals surface area contributed by atoms with E-state index in [4.69, 9.17) is 4.74 Å². The highest BCUT2D eigenvalue weighted by atomic mass is 19.1. The Bertz CT molecular complexity index is 665. The first-order valence-corrected chi connectivity index (χ1v) is 7.91. The summed E-state index contributed by atoms with van der Waals surface area (Å²) in [6.07, 6.45) is 4.43. The second-order valence-electron chi connectivity index (χ2n) is 5.55. The predicted molar refractivity (Wildman–Crippen MR) is 88.6 cm³/mol. The number of aryl methyl sites for hydroxylation is 1. The molecule has 0 radical (unpaired) electrons. The molecule has 23 heavy (non-hydrogen) atoms. The van der Waals surface area contributed by atoms with Gasteiger partial charge in [-0.15, -0.1) is 0 Å². The Balaban J connectivity index is 1.51. The quantitative estimate of drug-likeness (QED) is 0.831. The lowest BCUT2D eigenvalue weighted by Gasteiger charge is -2.31. The van der Waals surface area contributed by atoms with Gasteiger partial charge in [-0.3, -0.25) is 0 Å². The Hall–Kier alpha value is -2.37. The lowest BCUT2D eigenvalue weighted by Crippen LogP contribution is -2.31. The molecule has 0 spiro atoms. The Morgan fingerprint density at radius 1 is 1.35 bits per heavy atom. The Morgan fingerprint density at radius 3 is 3.09 bits per heavy atom. The van der Waals surface area contributed by atoms with Crippen molar-refractivity contribution in [2.75, 3.05) is 37.0 Å². The number of anilines is 2. The van der Waals surface area contributed by atoms with E-state index in [2.05, 4.69) is 44.5 Å². The van der Waals surface area contributed by atoms with Gasteiger partial charge in [0.1, 0.15) is 0 Å². The maximum Gasteiger partial charge on any atom is 0.255 e. The molecule has 3 rings (SSSR count). The molecule has 1 aromatic heterocycles. The van der Waals surface area contributed by atoms with Gasteiger partial charge in [-0.2, -0.15) is 9.37 Å². The highest BCUT2D eigenvalue weighted by Gasteiger charge is 2.15. The molecule has 1 aromatic carbocycles. The van der Waals surface area contributed by atoms with Crippen molar-refractivity contribution in [3.05, 3.63) is 41.8 Å². The molecule has 2 heterocycles. The summed E-state index contributed by atoms with van der Waals surface area (Å²) in [5.41, 5.74) is 2.77. The fourth-order valence-corrected chi connectivity index (χ4v) is 2.89. The summed E-state index contributed by atoms with van der Waals surface area (Å²) in [7, 11) is 1.39. The van der Waals surface area contributed by atoms with Gasteiger partial charge in [0.25, 0.3) is 5.88 Å². The number of methoxy groups -OCH3 is 1. The SMILES string of the molecule is COc1nc(NCCCN2CCCc3ccccc32)ncc1F. The monoisotopic (exact) mass is 316 g/mol.